The number of carbonyl (C=O) groups excluding carboxylic acids is 1. The summed E-state index contributed by atoms with van der Waals surface area (Å²) < 4.78 is 5.86. The standard InChI is InChI=1S/C14H19BrN2O2/c1-10(14(18)19-2)17(12-4-3-5-12)9-11-6-7-16-8-13(11)15/h6-8,10,12H,3-5,9H2,1-2H3. The first-order valence-corrected chi connectivity index (χ1v) is 7.34. The number of nitrogens with zero attached hydrogens (tertiary/aromatic N) is 2. The van der Waals surface area contributed by atoms with E-state index in [1.54, 1.807) is 12.4 Å². The maximum Gasteiger partial charge on any atom is 0.322 e. The maximum atomic E-state index is 11.8. The van der Waals surface area contributed by atoms with E-state index in [-0.39, 0.29) is 12.0 Å². The van der Waals surface area contributed by atoms with Crippen molar-refractivity contribution in [3.8, 4) is 0 Å². The van der Waals surface area contributed by atoms with Gasteiger partial charge in [0, 0.05) is 29.5 Å². The number of hydrogen-bond donors (Lipinski definition) is 0. The molecule has 0 saturated heterocycles. The molecule has 1 aromatic rings. The molecule has 0 bridgehead atoms. The van der Waals surface area contributed by atoms with Crippen molar-refractivity contribution in [1.29, 1.82) is 0 Å². The van der Waals surface area contributed by atoms with Crippen LogP contribution in [0.4, 0.5) is 0 Å². The number of ether oxygens (including phenoxy) is 1. The minimum Gasteiger partial charge on any atom is -0.468 e. The van der Waals surface area contributed by atoms with Crippen molar-refractivity contribution in [3.63, 3.8) is 0 Å². The van der Waals surface area contributed by atoms with E-state index in [1.165, 1.54) is 13.5 Å². The molecule has 19 heavy (non-hydrogen) atoms. The van der Waals surface area contributed by atoms with Crippen LogP contribution in [0, 0.1) is 0 Å². The molecule has 1 saturated carbocycles. The second kappa shape index (κ2) is 6.48. The highest BCUT2D eigenvalue weighted by Gasteiger charge is 2.32. The zero-order chi connectivity index (χ0) is 13.8. The topological polar surface area (TPSA) is 42.4 Å². The number of rotatable bonds is 5. The van der Waals surface area contributed by atoms with Gasteiger partial charge in [-0.05, 0) is 47.3 Å². The first-order valence-electron chi connectivity index (χ1n) is 6.55. The van der Waals surface area contributed by atoms with Crippen molar-refractivity contribution >= 4 is 21.9 Å². The smallest absolute Gasteiger partial charge is 0.322 e. The van der Waals surface area contributed by atoms with Gasteiger partial charge in [0.2, 0.25) is 0 Å². The molecule has 1 unspecified atom stereocenters. The van der Waals surface area contributed by atoms with E-state index in [2.05, 4.69) is 25.8 Å². The lowest BCUT2D eigenvalue weighted by Gasteiger charge is -2.40. The predicted octanol–water partition coefficient (Wildman–Crippen LogP) is 2.76. The number of carbonyl (C=O) groups is 1. The maximum absolute atomic E-state index is 11.8. The Hall–Kier alpha value is -0.940. The van der Waals surface area contributed by atoms with Gasteiger partial charge in [0.25, 0.3) is 0 Å². The van der Waals surface area contributed by atoms with Crippen LogP contribution in [0.3, 0.4) is 0 Å². The molecule has 1 heterocycles. The van der Waals surface area contributed by atoms with Crippen molar-refractivity contribution in [2.75, 3.05) is 7.11 Å². The second-order valence-electron chi connectivity index (χ2n) is 4.92. The highest BCUT2D eigenvalue weighted by molar-refractivity contribution is 9.10. The SMILES string of the molecule is COC(=O)C(C)N(Cc1ccncc1Br)C1CCC1. The van der Waals surface area contributed by atoms with Crippen LogP contribution in [0.25, 0.3) is 0 Å². The molecule has 104 valence electrons. The quantitative estimate of drug-likeness (QED) is 0.780. The van der Waals surface area contributed by atoms with Gasteiger partial charge in [-0.1, -0.05) is 6.42 Å². The summed E-state index contributed by atoms with van der Waals surface area (Å²) in [5.41, 5.74) is 1.15. The molecular weight excluding hydrogens is 308 g/mol. The molecule has 1 aromatic heterocycles. The van der Waals surface area contributed by atoms with Crippen LogP contribution >= 0.6 is 15.9 Å². The molecule has 5 heteroatoms. The molecule has 0 N–H and O–H groups in total. The molecule has 0 amide bonds. The zero-order valence-electron chi connectivity index (χ0n) is 11.3. The Labute approximate surface area is 122 Å². The summed E-state index contributed by atoms with van der Waals surface area (Å²) in [7, 11) is 1.44. The van der Waals surface area contributed by atoms with Crippen LogP contribution in [0.2, 0.25) is 0 Å². The van der Waals surface area contributed by atoms with E-state index >= 15 is 0 Å². The van der Waals surface area contributed by atoms with Gasteiger partial charge < -0.3 is 4.74 Å². The number of halogens is 1. The van der Waals surface area contributed by atoms with Crippen LogP contribution in [-0.2, 0) is 16.1 Å². The molecule has 1 fully saturated rings. The van der Waals surface area contributed by atoms with Crippen LogP contribution in [0.15, 0.2) is 22.9 Å². The molecule has 0 aliphatic heterocycles. The van der Waals surface area contributed by atoms with E-state index in [0.29, 0.717) is 6.04 Å². The zero-order valence-corrected chi connectivity index (χ0v) is 12.9. The highest BCUT2D eigenvalue weighted by atomic mass is 79.9. The number of hydrogen-bond acceptors (Lipinski definition) is 4. The lowest BCUT2D eigenvalue weighted by atomic mass is 9.90. The minimum absolute atomic E-state index is 0.169. The fraction of sp³-hybridized carbons (Fsp3) is 0.571. The van der Waals surface area contributed by atoms with E-state index in [9.17, 15) is 4.79 Å². The number of methoxy groups -OCH3 is 1. The third-order valence-electron chi connectivity index (χ3n) is 3.79. The summed E-state index contributed by atoms with van der Waals surface area (Å²) in [5, 5.41) is 0. The molecule has 1 atom stereocenters. The lowest BCUT2D eigenvalue weighted by molar-refractivity contribution is -0.148. The van der Waals surface area contributed by atoms with Gasteiger partial charge in [0.05, 0.1) is 7.11 Å². The molecular formula is C14H19BrN2O2. The van der Waals surface area contributed by atoms with Crippen LogP contribution < -0.4 is 0 Å². The van der Waals surface area contributed by atoms with Gasteiger partial charge >= 0.3 is 5.97 Å². The third kappa shape index (κ3) is 3.34. The summed E-state index contributed by atoms with van der Waals surface area (Å²) in [4.78, 5) is 18.1. The number of aromatic nitrogens is 1. The molecule has 0 radical (unpaired) electrons. The van der Waals surface area contributed by atoms with Crippen molar-refractivity contribution in [3.05, 3.63) is 28.5 Å². The minimum atomic E-state index is -0.213. The fourth-order valence-electron chi connectivity index (χ4n) is 2.34. The fourth-order valence-corrected chi connectivity index (χ4v) is 2.71. The largest absolute Gasteiger partial charge is 0.468 e. The van der Waals surface area contributed by atoms with E-state index < -0.39 is 0 Å². The molecule has 4 nitrogen and oxygen atoms in total. The summed E-state index contributed by atoms with van der Waals surface area (Å²) in [6.45, 7) is 2.66. The van der Waals surface area contributed by atoms with Crippen LogP contribution in [-0.4, -0.2) is 35.0 Å². The van der Waals surface area contributed by atoms with E-state index in [1.807, 2.05) is 13.0 Å². The van der Waals surface area contributed by atoms with E-state index in [0.717, 1.165) is 29.4 Å². The predicted molar refractivity (Wildman–Crippen MR) is 76.6 cm³/mol. The Morgan fingerprint density at radius 3 is 2.89 bits per heavy atom. The monoisotopic (exact) mass is 326 g/mol. The molecule has 2 rings (SSSR count). The lowest BCUT2D eigenvalue weighted by Crippen LogP contribution is -2.48. The number of esters is 1. The molecule has 0 aromatic carbocycles. The van der Waals surface area contributed by atoms with Crippen molar-refractivity contribution in [2.24, 2.45) is 0 Å². The first kappa shape index (κ1) is 14.5. The Balaban J connectivity index is 2.14. The first-order chi connectivity index (χ1) is 9.13. The van der Waals surface area contributed by atoms with Crippen molar-refractivity contribution < 1.29 is 9.53 Å². The van der Waals surface area contributed by atoms with Crippen LogP contribution in [0.1, 0.15) is 31.7 Å². The Bertz CT molecular complexity index is 449. The molecule has 0 spiro atoms. The van der Waals surface area contributed by atoms with Crippen LogP contribution in [0.5, 0.6) is 0 Å². The van der Waals surface area contributed by atoms with Gasteiger partial charge in [0.1, 0.15) is 6.04 Å². The summed E-state index contributed by atoms with van der Waals surface area (Å²) in [6.07, 6.45) is 7.12. The summed E-state index contributed by atoms with van der Waals surface area (Å²) in [5.74, 6) is -0.169. The summed E-state index contributed by atoms with van der Waals surface area (Å²) >= 11 is 3.51. The van der Waals surface area contributed by atoms with E-state index in [4.69, 9.17) is 4.74 Å². The molecule has 1 aliphatic carbocycles. The van der Waals surface area contributed by atoms with Gasteiger partial charge in [-0.2, -0.15) is 0 Å². The Morgan fingerprint density at radius 2 is 2.37 bits per heavy atom. The third-order valence-corrected chi connectivity index (χ3v) is 4.51. The Kier molecular flexibility index (Phi) is 4.93. The van der Waals surface area contributed by atoms with Gasteiger partial charge in [-0.25, -0.2) is 0 Å². The average molecular weight is 327 g/mol. The average Bonchev–Trinajstić information content (AvgIpc) is 2.36. The highest BCUT2D eigenvalue weighted by Crippen LogP contribution is 2.29. The number of pyridine rings is 1. The Morgan fingerprint density at radius 1 is 1.63 bits per heavy atom. The normalized spacial score (nSPS) is 17.1. The van der Waals surface area contributed by atoms with Gasteiger partial charge in [-0.3, -0.25) is 14.7 Å². The van der Waals surface area contributed by atoms with Crippen molar-refractivity contribution in [1.82, 2.24) is 9.88 Å². The van der Waals surface area contributed by atoms with Crippen molar-refractivity contribution in [2.45, 2.75) is 44.8 Å². The molecule has 1 aliphatic rings. The van der Waals surface area contributed by atoms with Gasteiger partial charge in [0.15, 0.2) is 0 Å². The second-order valence-corrected chi connectivity index (χ2v) is 5.78. The van der Waals surface area contributed by atoms with Gasteiger partial charge in [-0.15, -0.1) is 0 Å². The summed E-state index contributed by atoms with van der Waals surface area (Å²) in [6, 6.07) is 2.25.